The highest BCUT2D eigenvalue weighted by Crippen LogP contribution is 2.30. The first-order valence-corrected chi connectivity index (χ1v) is 9.47. The van der Waals surface area contributed by atoms with Gasteiger partial charge in [0.2, 0.25) is 11.8 Å². The molecule has 11 nitrogen and oxygen atoms in total. The lowest BCUT2D eigenvalue weighted by Gasteiger charge is -2.10. The van der Waals surface area contributed by atoms with Crippen molar-refractivity contribution in [1.29, 1.82) is 0 Å². The average Bonchev–Trinajstić information content (AvgIpc) is 2.75. The molecule has 0 unspecified atom stereocenters. The Hall–Kier alpha value is -3.93. The van der Waals surface area contributed by atoms with Crippen molar-refractivity contribution in [3.8, 4) is 0 Å². The van der Waals surface area contributed by atoms with Crippen LogP contribution in [-0.4, -0.2) is 48.6 Å². The summed E-state index contributed by atoms with van der Waals surface area (Å²) in [6.07, 6.45) is 0. The van der Waals surface area contributed by atoms with Crippen LogP contribution in [0.15, 0.2) is 41.3 Å². The number of nitro benzene ring substituents is 1. The molecule has 0 radical (unpaired) electrons. The Labute approximate surface area is 180 Å². The number of thioether (sulfide) groups is 1. The smallest absolute Gasteiger partial charge is 0.337 e. The quantitative estimate of drug-likeness (QED) is 0.266. The second-order valence-corrected chi connectivity index (χ2v) is 6.94. The molecule has 0 aliphatic carbocycles. The number of nitrogens with two attached hydrogens (primary N) is 1. The van der Waals surface area contributed by atoms with Gasteiger partial charge in [-0.1, -0.05) is 0 Å². The number of methoxy groups -OCH3 is 2. The minimum absolute atomic E-state index is 0.0195. The Balaban J connectivity index is 2.19. The van der Waals surface area contributed by atoms with Crippen LogP contribution in [-0.2, 0) is 14.3 Å². The highest BCUT2D eigenvalue weighted by atomic mass is 32.2. The van der Waals surface area contributed by atoms with Gasteiger partial charge in [-0.25, -0.2) is 9.59 Å². The number of hydrogen-bond acceptors (Lipinski definition) is 9. The number of carbonyl (C=O) groups excluding carboxylic acids is 4. The number of nitrogens with one attached hydrogen (secondary N) is 1. The zero-order chi connectivity index (χ0) is 23.1. The second-order valence-electron chi connectivity index (χ2n) is 5.92. The zero-order valence-electron chi connectivity index (χ0n) is 16.4. The molecular formula is C19H17N3O8S. The summed E-state index contributed by atoms with van der Waals surface area (Å²) >= 11 is 0.864. The third-order valence-corrected chi connectivity index (χ3v) is 4.92. The van der Waals surface area contributed by atoms with Gasteiger partial charge in [0.25, 0.3) is 5.69 Å². The molecule has 2 rings (SSSR count). The number of primary amides is 1. The maximum absolute atomic E-state index is 12.3. The minimum Gasteiger partial charge on any atom is -0.465 e. The van der Waals surface area contributed by atoms with Crippen molar-refractivity contribution in [2.45, 2.75) is 4.90 Å². The van der Waals surface area contributed by atoms with Gasteiger partial charge in [0.15, 0.2) is 0 Å². The van der Waals surface area contributed by atoms with E-state index >= 15 is 0 Å². The van der Waals surface area contributed by atoms with Crippen molar-refractivity contribution in [3.05, 3.63) is 63.2 Å². The Kier molecular flexibility index (Phi) is 7.69. The van der Waals surface area contributed by atoms with E-state index in [9.17, 15) is 29.3 Å². The van der Waals surface area contributed by atoms with Crippen molar-refractivity contribution in [2.75, 3.05) is 25.3 Å². The molecule has 0 fully saturated rings. The summed E-state index contributed by atoms with van der Waals surface area (Å²) in [5.74, 6) is -3.05. The number of nitro groups is 1. The summed E-state index contributed by atoms with van der Waals surface area (Å²) in [7, 11) is 2.33. The molecular weight excluding hydrogens is 430 g/mol. The summed E-state index contributed by atoms with van der Waals surface area (Å²) in [5.41, 5.74) is 4.90. The number of hydrogen-bond donors (Lipinski definition) is 2. The number of ether oxygens (including phenoxy) is 2. The molecule has 31 heavy (non-hydrogen) atoms. The van der Waals surface area contributed by atoms with E-state index in [0.717, 1.165) is 17.8 Å². The van der Waals surface area contributed by atoms with Crippen LogP contribution < -0.4 is 11.1 Å². The standard InChI is InChI=1S/C19H17N3O8S/c1-29-18(25)11-5-12(19(26)30-2)7-13(6-11)21-16(23)9-31-15-4-3-10(17(20)24)8-14(15)22(27)28/h3-8H,9H2,1-2H3,(H2,20,24)(H,21,23). The Bertz CT molecular complexity index is 1040. The molecule has 2 aromatic carbocycles. The first-order chi connectivity index (χ1) is 14.7. The largest absolute Gasteiger partial charge is 0.465 e. The van der Waals surface area contributed by atoms with E-state index in [0.29, 0.717) is 0 Å². The molecule has 0 aromatic heterocycles. The zero-order valence-corrected chi connectivity index (χ0v) is 17.2. The predicted molar refractivity (Wildman–Crippen MR) is 110 cm³/mol. The number of carbonyl (C=O) groups is 4. The lowest BCUT2D eigenvalue weighted by molar-refractivity contribution is -0.387. The monoisotopic (exact) mass is 447 g/mol. The SMILES string of the molecule is COC(=O)c1cc(NC(=O)CSc2ccc(C(N)=O)cc2[N+](=O)[O-])cc(C(=O)OC)c1. The van der Waals surface area contributed by atoms with Crippen LogP contribution in [0, 0.1) is 10.1 Å². The van der Waals surface area contributed by atoms with Gasteiger partial charge in [-0.2, -0.15) is 0 Å². The van der Waals surface area contributed by atoms with Crippen LogP contribution in [0.4, 0.5) is 11.4 Å². The normalized spacial score (nSPS) is 10.1. The Morgan fingerprint density at radius 2 is 1.58 bits per heavy atom. The van der Waals surface area contributed by atoms with Gasteiger partial charge >= 0.3 is 11.9 Å². The summed E-state index contributed by atoms with van der Waals surface area (Å²) in [6.45, 7) is 0. The fourth-order valence-electron chi connectivity index (χ4n) is 2.45. The molecule has 0 heterocycles. The number of rotatable bonds is 8. The topological polar surface area (TPSA) is 168 Å². The number of esters is 2. The summed E-state index contributed by atoms with van der Waals surface area (Å²) in [4.78, 5) is 57.9. The number of benzene rings is 2. The van der Waals surface area contributed by atoms with E-state index in [2.05, 4.69) is 14.8 Å². The van der Waals surface area contributed by atoms with Crippen molar-refractivity contribution in [3.63, 3.8) is 0 Å². The maximum atomic E-state index is 12.3. The van der Waals surface area contributed by atoms with Crippen LogP contribution >= 0.6 is 11.8 Å². The van der Waals surface area contributed by atoms with Gasteiger partial charge in [-0.05, 0) is 30.3 Å². The minimum atomic E-state index is -0.815. The lowest BCUT2D eigenvalue weighted by Crippen LogP contribution is -2.16. The third-order valence-electron chi connectivity index (χ3n) is 3.86. The summed E-state index contributed by atoms with van der Waals surface area (Å²) in [6, 6.07) is 7.55. The van der Waals surface area contributed by atoms with Crippen molar-refractivity contribution >= 4 is 46.9 Å². The third kappa shape index (κ3) is 6.02. The van der Waals surface area contributed by atoms with Crippen LogP contribution in [0.25, 0.3) is 0 Å². The fourth-order valence-corrected chi connectivity index (χ4v) is 3.25. The molecule has 0 aliphatic rings. The lowest BCUT2D eigenvalue weighted by atomic mass is 10.1. The molecule has 0 aliphatic heterocycles. The fraction of sp³-hybridized carbons (Fsp3) is 0.158. The van der Waals surface area contributed by atoms with Gasteiger partial charge in [0.1, 0.15) is 0 Å². The Morgan fingerprint density at radius 1 is 1.00 bits per heavy atom. The van der Waals surface area contributed by atoms with Crippen LogP contribution in [0.5, 0.6) is 0 Å². The highest BCUT2D eigenvalue weighted by Gasteiger charge is 2.19. The molecule has 2 amide bonds. The van der Waals surface area contributed by atoms with E-state index < -0.39 is 28.7 Å². The van der Waals surface area contributed by atoms with Crippen LogP contribution in [0.2, 0.25) is 0 Å². The Morgan fingerprint density at radius 3 is 2.06 bits per heavy atom. The van der Waals surface area contributed by atoms with Crippen molar-refractivity contribution in [1.82, 2.24) is 0 Å². The number of anilines is 1. The predicted octanol–water partition coefficient (Wildman–Crippen LogP) is 2.00. The first kappa shape index (κ1) is 23.3. The van der Waals surface area contributed by atoms with Crippen molar-refractivity contribution < 1.29 is 33.6 Å². The van der Waals surface area contributed by atoms with Crippen molar-refractivity contribution in [2.24, 2.45) is 5.73 Å². The van der Waals surface area contributed by atoms with E-state index in [1.807, 2.05) is 0 Å². The molecule has 0 atom stereocenters. The van der Waals surface area contributed by atoms with Crippen LogP contribution in [0.1, 0.15) is 31.1 Å². The van der Waals surface area contributed by atoms with Gasteiger partial charge in [-0.15, -0.1) is 11.8 Å². The highest BCUT2D eigenvalue weighted by molar-refractivity contribution is 8.00. The summed E-state index contributed by atoms with van der Waals surface area (Å²) < 4.78 is 9.25. The van der Waals surface area contributed by atoms with Gasteiger partial charge in [0, 0.05) is 17.3 Å². The number of amides is 2. The average molecular weight is 447 g/mol. The van der Waals surface area contributed by atoms with E-state index in [1.165, 1.54) is 44.6 Å². The van der Waals surface area contributed by atoms with Gasteiger partial charge in [0.05, 0.1) is 40.9 Å². The second kappa shape index (κ2) is 10.2. The molecule has 0 bridgehead atoms. The molecule has 162 valence electrons. The van der Waals surface area contributed by atoms with E-state index in [1.54, 1.807) is 0 Å². The van der Waals surface area contributed by atoms with Gasteiger partial charge < -0.3 is 20.5 Å². The van der Waals surface area contributed by atoms with E-state index in [4.69, 9.17) is 5.73 Å². The molecule has 0 spiro atoms. The number of nitrogens with zero attached hydrogens (tertiary/aromatic N) is 1. The first-order valence-electron chi connectivity index (χ1n) is 8.49. The molecule has 2 aromatic rings. The summed E-state index contributed by atoms with van der Waals surface area (Å²) in [5, 5.41) is 13.8. The molecule has 0 saturated heterocycles. The van der Waals surface area contributed by atoms with Gasteiger partial charge in [-0.3, -0.25) is 19.7 Å². The molecule has 12 heteroatoms. The van der Waals surface area contributed by atoms with Crippen LogP contribution in [0.3, 0.4) is 0 Å². The maximum Gasteiger partial charge on any atom is 0.337 e. The molecule has 0 saturated carbocycles. The van der Waals surface area contributed by atoms with E-state index in [-0.39, 0.29) is 38.7 Å². The molecule has 3 N–H and O–H groups in total.